The third-order valence-electron chi connectivity index (χ3n) is 3.87. The number of carbonyl (C=O) groups excluding carboxylic acids is 1. The zero-order chi connectivity index (χ0) is 17.9. The zero-order valence-corrected chi connectivity index (χ0v) is 17.0. The highest BCUT2D eigenvalue weighted by Gasteiger charge is 2.13. The van der Waals surface area contributed by atoms with Crippen LogP contribution in [0.3, 0.4) is 0 Å². The van der Waals surface area contributed by atoms with E-state index in [-0.39, 0.29) is 17.9 Å². The lowest BCUT2D eigenvalue weighted by Gasteiger charge is -2.19. The molecule has 0 aromatic heterocycles. The lowest BCUT2D eigenvalue weighted by atomic mass is 9.87. The number of anilines is 1. The molecule has 0 unspecified atom stereocenters. The fourth-order valence-corrected chi connectivity index (χ4v) is 2.92. The Hall–Kier alpha value is -1.56. The Bertz CT molecular complexity index is 731. The molecule has 0 aliphatic rings. The summed E-state index contributed by atoms with van der Waals surface area (Å²) in [5.41, 5.74) is 4.38. The molecule has 4 heteroatoms. The van der Waals surface area contributed by atoms with Crippen LogP contribution < -0.4 is 10.1 Å². The number of nitrogens with one attached hydrogen (secondary N) is 1. The predicted molar refractivity (Wildman–Crippen MR) is 108 cm³/mol. The molecule has 24 heavy (non-hydrogen) atoms. The van der Waals surface area contributed by atoms with Gasteiger partial charge in [0.05, 0.1) is 0 Å². The Labute approximate surface area is 157 Å². The van der Waals surface area contributed by atoms with Gasteiger partial charge in [0.15, 0.2) is 6.61 Å². The topological polar surface area (TPSA) is 38.3 Å². The monoisotopic (exact) mass is 437 g/mol. The molecule has 0 atom stereocenters. The van der Waals surface area contributed by atoms with Crippen LogP contribution in [0, 0.1) is 17.4 Å². The summed E-state index contributed by atoms with van der Waals surface area (Å²) < 4.78 is 6.78. The molecule has 0 spiro atoms. The highest BCUT2D eigenvalue weighted by molar-refractivity contribution is 14.1. The summed E-state index contributed by atoms with van der Waals surface area (Å²) in [5, 5.41) is 2.92. The van der Waals surface area contributed by atoms with Crippen molar-refractivity contribution < 1.29 is 9.53 Å². The van der Waals surface area contributed by atoms with Gasteiger partial charge in [-0.05, 0) is 82.8 Å². The van der Waals surface area contributed by atoms with Crippen LogP contribution >= 0.6 is 22.6 Å². The molecule has 2 aromatic carbocycles. The molecule has 3 nitrogen and oxygen atoms in total. The molecule has 1 N–H and O–H groups in total. The number of aryl methyl sites for hydroxylation is 2. The molecule has 0 radical (unpaired) electrons. The fraction of sp³-hybridized carbons (Fsp3) is 0.350. The Morgan fingerprint density at radius 2 is 1.71 bits per heavy atom. The number of rotatable bonds is 4. The number of benzene rings is 2. The van der Waals surface area contributed by atoms with Crippen molar-refractivity contribution in [2.24, 2.45) is 0 Å². The van der Waals surface area contributed by atoms with Gasteiger partial charge in [-0.2, -0.15) is 0 Å². The fourth-order valence-electron chi connectivity index (χ4n) is 2.30. The molecular weight excluding hydrogens is 413 g/mol. The van der Waals surface area contributed by atoms with Crippen molar-refractivity contribution in [1.82, 2.24) is 0 Å². The number of carbonyl (C=O) groups is 1. The average Bonchev–Trinajstić information content (AvgIpc) is 2.50. The summed E-state index contributed by atoms with van der Waals surface area (Å²) in [6.07, 6.45) is 0. The summed E-state index contributed by atoms with van der Waals surface area (Å²) >= 11 is 2.30. The minimum atomic E-state index is -0.154. The maximum absolute atomic E-state index is 12.1. The van der Waals surface area contributed by atoms with Gasteiger partial charge in [0.25, 0.3) is 5.91 Å². The van der Waals surface area contributed by atoms with Gasteiger partial charge in [-0.25, -0.2) is 0 Å². The first-order valence-electron chi connectivity index (χ1n) is 7.97. The molecule has 2 rings (SSSR count). The number of halogens is 1. The van der Waals surface area contributed by atoms with E-state index in [0.717, 1.165) is 16.8 Å². The number of amides is 1. The van der Waals surface area contributed by atoms with E-state index in [9.17, 15) is 4.79 Å². The molecule has 0 aliphatic heterocycles. The maximum atomic E-state index is 12.1. The van der Waals surface area contributed by atoms with E-state index in [1.807, 2.05) is 44.2 Å². The molecule has 2 aromatic rings. The summed E-state index contributed by atoms with van der Waals surface area (Å²) in [4.78, 5) is 12.1. The third-order valence-corrected chi connectivity index (χ3v) is 5.03. The lowest BCUT2D eigenvalue weighted by molar-refractivity contribution is -0.118. The lowest BCUT2D eigenvalue weighted by Crippen LogP contribution is -2.21. The van der Waals surface area contributed by atoms with Gasteiger partial charge < -0.3 is 10.1 Å². The Balaban J connectivity index is 1.95. The van der Waals surface area contributed by atoms with E-state index in [4.69, 9.17) is 4.74 Å². The van der Waals surface area contributed by atoms with E-state index in [1.54, 1.807) is 0 Å². The smallest absolute Gasteiger partial charge is 0.262 e. The van der Waals surface area contributed by atoms with Gasteiger partial charge in [0.2, 0.25) is 0 Å². The molecule has 128 valence electrons. The highest BCUT2D eigenvalue weighted by Crippen LogP contribution is 2.24. The second-order valence-electron chi connectivity index (χ2n) is 7.03. The Kier molecular flexibility index (Phi) is 5.91. The van der Waals surface area contributed by atoms with Crippen molar-refractivity contribution in [1.29, 1.82) is 0 Å². The van der Waals surface area contributed by atoms with Crippen molar-refractivity contribution >= 4 is 34.2 Å². The van der Waals surface area contributed by atoms with Crippen molar-refractivity contribution in [2.45, 2.75) is 40.0 Å². The van der Waals surface area contributed by atoms with Crippen LogP contribution in [0.15, 0.2) is 36.4 Å². The van der Waals surface area contributed by atoms with Gasteiger partial charge in [-0.15, -0.1) is 0 Å². The van der Waals surface area contributed by atoms with Crippen molar-refractivity contribution in [3.8, 4) is 5.75 Å². The predicted octanol–water partition coefficient (Wildman–Crippen LogP) is 5.22. The minimum absolute atomic E-state index is 0.000656. The first-order chi connectivity index (χ1) is 11.2. The molecule has 0 saturated heterocycles. The first kappa shape index (κ1) is 18.8. The third kappa shape index (κ3) is 4.97. The van der Waals surface area contributed by atoms with E-state index in [2.05, 4.69) is 54.7 Å². The standard InChI is InChI=1S/C20H24INO2/c1-13-11-18(14(2)10-17(13)21)22-19(23)12-24-16-8-6-15(7-9-16)20(3,4)5/h6-11H,12H2,1-5H3,(H,22,23). The molecular formula is C20H24INO2. The van der Waals surface area contributed by atoms with Gasteiger partial charge in [-0.1, -0.05) is 32.9 Å². The number of hydrogen-bond donors (Lipinski definition) is 1. The van der Waals surface area contributed by atoms with Crippen LogP contribution in [0.1, 0.15) is 37.5 Å². The quantitative estimate of drug-likeness (QED) is 0.666. The minimum Gasteiger partial charge on any atom is -0.484 e. The van der Waals surface area contributed by atoms with Gasteiger partial charge in [0.1, 0.15) is 5.75 Å². The summed E-state index contributed by atoms with van der Waals surface area (Å²) in [6, 6.07) is 12.0. The molecule has 0 bridgehead atoms. The van der Waals surface area contributed by atoms with Crippen LogP contribution in [0.5, 0.6) is 5.75 Å². The average molecular weight is 437 g/mol. The normalized spacial score (nSPS) is 11.2. The highest BCUT2D eigenvalue weighted by atomic mass is 127. The second-order valence-corrected chi connectivity index (χ2v) is 8.19. The molecule has 0 saturated carbocycles. The molecule has 0 fully saturated rings. The van der Waals surface area contributed by atoms with Gasteiger partial charge in [-0.3, -0.25) is 4.79 Å². The van der Waals surface area contributed by atoms with Crippen LogP contribution in [0.4, 0.5) is 5.69 Å². The van der Waals surface area contributed by atoms with Crippen LogP contribution in [0.2, 0.25) is 0 Å². The van der Waals surface area contributed by atoms with Crippen molar-refractivity contribution in [2.75, 3.05) is 11.9 Å². The van der Waals surface area contributed by atoms with E-state index >= 15 is 0 Å². The maximum Gasteiger partial charge on any atom is 0.262 e. The molecule has 0 aliphatic carbocycles. The first-order valence-corrected chi connectivity index (χ1v) is 9.04. The Morgan fingerprint density at radius 1 is 1.08 bits per heavy atom. The van der Waals surface area contributed by atoms with E-state index < -0.39 is 0 Å². The van der Waals surface area contributed by atoms with Crippen LogP contribution in [-0.4, -0.2) is 12.5 Å². The van der Waals surface area contributed by atoms with Crippen LogP contribution in [-0.2, 0) is 10.2 Å². The summed E-state index contributed by atoms with van der Waals surface area (Å²) in [5.74, 6) is 0.548. The number of ether oxygens (including phenoxy) is 1. The van der Waals surface area contributed by atoms with Crippen molar-refractivity contribution in [3.05, 3.63) is 56.7 Å². The molecule has 0 heterocycles. The van der Waals surface area contributed by atoms with Crippen molar-refractivity contribution in [3.63, 3.8) is 0 Å². The van der Waals surface area contributed by atoms with Gasteiger partial charge in [0, 0.05) is 9.26 Å². The summed E-state index contributed by atoms with van der Waals surface area (Å²) in [6.45, 7) is 10.5. The SMILES string of the molecule is Cc1cc(NC(=O)COc2ccc(C(C)(C)C)cc2)c(C)cc1I. The Morgan fingerprint density at radius 3 is 2.29 bits per heavy atom. The molecule has 1 amide bonds. The van der Waals surface area contributed by atoms with E-state index in [0.29, 0.717) is 5.75 Å². The largest absolute Gasteiger partial charge is 0.484 e. The second kappa shape index (κ2) is 7.55. The zero-order valence-electron chi connectivity index (χ0n) is 14.9. The van der Waals surface area contributed by atoms with E-state index in [1.165, 1.54) is 9.13 Å². The summed E-state index contributed by atoms with van der Waals surface area (Å²) in [7, 11) is 0. The van der Waals surface area contributed by atoms with Gasteiger partial charge >= 0.3 is 0 Å². The number of hydrogen-bond acceptors (Lipinski definition) is 2. The van der Waals surface area contributed by atoms with Crippen LogP contribution in [0.25, 0.3) is 0 Å².